The molecule has 0 radical (unpaired) electrons. The molecule has 1 aromatic heterocycles. The van der Waals surface area contributed by atoms with Gasteiger partial charge < -0.3 is 14.8 Å². The zero-order valence-corrected chi connectivity index (χ0v) is 10.1. The largest absolute Gasteiger partial charge is 0.478 e. The molecule has 2 N–H and O–H groups in total. The third-order valence-corrected chi connectivity index (χ3v) is 2.64. The van der Waals surface area contributed by atoms with E-state index in [1.54, 1.807) is 0 Å². The highest BCUT2D eigenvalue weighted by Crippen LogP contribution is 2.23. The van der Waals surface area contributed by atoms with Crippen molar-refractivity contribution in [1.82, 2.24) is 0 Å². The molecule has 0 spiro atoms. The summed E-state index contributed by atoms with van der Waals surface area (Å²) in [7, 11) is 0. The van der Waals surface area contributed by atoms with E-state index in [2.05, 4.69) is 5.32 Å². The molecule has 2 aromatic rings. The lowest BCUT2D eigenvalue weighted by Gasteiger charge is -2.08. The Morgan fingerprint density at radius 3 is 2.58 bits per heavy atom. The summed E-state index contributed by atoms with van der Waals surface area (Å²) in [5.74, 6) is -2.97. The highest BCUT2D eigenvalue weighted by Gasteiger charge is 2.19. The number of nitrogens with one attached hydrogen (secondary N) is 1. The number of aromatic carboxylic acids is 1. The summed E-state index contributed by atoms with van der Waals surface area (Å²) in [6.45, 7) is 0. The maximum absolute atomic E-state index is 13.6. The van der Waals surface area contributed by atoms with Gasteiger partial charge in [0.15, 0.2) is 0 Å². The first-order valence-corrected chi connectivity index (χ1v) is 5.44. The molecule has 0 unspecified atom stereocenters. The molecule has 2 rings (SSSR count). The van der Waals surface area contributed by atoms with Crippen LogP contribution >= 0.6 is 11.6 Å². The summed E-state index contributed by atoms with van der Waals surface area (Å²) in [5, 5.41) is 10.9. The molecule has 0 bridgehead atoms. The van der Waals surface area contributed by atoms with Crippen molar-refractivity contribution in [1.29, 1.82) is 0 Å². The number of amides is 1. The van der Waals surface area contributed by atoms with Gasteiger partial charge in [0.25, 0.3) is 5.91 Å². The average Bonchev–Trinajstić information content (AvgIpc) is 2.77. The fraction of sp³-hybridized carbons (Fsp3) is 0. The van der Waals surface area contributed by atoms with E-state index in [1.165, 1.54) is 24.5 Å². The molecule has 0 aliphatic carbocycles. The second kappa shape index (κ2) is 5.11. The predicted octanol–water partition coefficient (Wildman–Crippen LogP) is 3.02. The number of hydrogen-bond donors (Lipinski definition) is 2. The van der Waals surface area contributed by atoms with Gasteiger partial charge in [-0.2, -0.15) is 0 Å². The van der Waals surface area contributed by atoms with Crippen LogP contribution in [0.1, 0.15) is 20.7 Å². The van der Waals surface area contributed by atoms with Gasteiger partial charge in [-0.15, -0.1) is 0 Å². The fourth-order valence-electron chi connectivity index (χ4n) is 1.47. The van der Waals surface area contributed by atoms with Gasteiger partial charge in [-0.3, -0.25) is 4.79 Å². The van der Waals surface area contributed by atoms with E-state index in [4.69, 9.17) is 21.1 Å². The van der Waals surface area contributed by atoms with Crippen LogP contribution in [0.5, 0.6) is 0 Å². The lowest BCUT2D eigenvalue weighted by atomic mass is 10.1. The third kappa shape index (κ3) is 2.58. The van der Waals surface area contributed by atoms with E-state index in [1.807, 2.05) is 0 Å². The Morgan fingerprint density at radius 1 is 1.26 bits per heavy atom. The SMILES string of the molecule is O=C(Nc1c(F)cccc1C(=O)O)c1ccoc1Cl. The van der Waals surface area contributed by atoms with Gasteiger partial charge in [0.05, 0.1) is 23.1 Å². The van der Waals surface area contributed by atoms with Crippen molar-refractivity contribution in [2.75, 3.05) is 5.32 Å². The number of anilines is 1. The van der Waals surface area contributed by atoms with Crippen LogP contribution < -0.4 is 5.32 Å². The normalized spacial score (nSPS) is 10.2. The molecule has 0 atom stereocenters. The number of benzene rings is 1. The van der Waals surface area contributed by atoms with E-state index in [0.717, 1.165) is 6.07 Å². The van der Waals surface area contributed by atoms with Crippen molar-refractivity contribution in [2.45, 2.75) is 0 Å². The maximum Gasteiger partial charge on any atom is 0.337 e. The summed E-state index contributed by atoms with van der Waals surface area (Å²) in [5.41, 5.74) is -0.786. The van der Waals surface area contributed by atoms with Crippen LogP contribution in [0.15, 0.2) is 34.9 Å². The number of carbonyl (C=O) groups is 2. The lowest BCUT2D eigenvalue weighted by molar-refractivity contribution is 0.0697. The Bertz CT molecular complexity index is 653. The molecule has 0 saturated heterocycles. The minimum atomic E-state index is -1.35. The van der Waals surface area contributed by atoms with E-state index >= 15 is 0 Å². The first kappa shape index (κ1) is 13.1. The topological polar surface area (TPSA) is 79.5 Å². The van der Waals surface area contributed by atoms with E-state index in [9.17, 15) is 14.0 Å². The van der Waals surface area contributed by atoms with Gasteiger partial charge in [-0.05, 0) is 29.8 Å². The van der Waals surface area contributed by atoms with Crippen molar-refractivity contribution in [3.63, 3.8) is 0 Å². The zero-order valence-electron chi connectivity index (χ0n) is 9.31. The average molecular weight is 284 g/mol. The molecule has 1 aromatic carbocycles. The van der Waals surface area contributed by atoms with Crippen molar-refractivity contribution in [2.24, 2.45) is 0 Å². The molecule has 1 amide bonds. The maximum atomic E-state index is 13.6. The van der Waals surface area contributed by atoms with Crippen molar-refractivity contribution in [3.05, 3.63) is 52.7 Å². The molecule has 0 fully saturated rings. The van der Waals surface area contributed by atoms with Crippen LogP contribution in [-0.2, 0) is 0 Å². The van der Waals surface area contributed by atoms with Gasteiger partial charge >= 0.3 is 5.97 Å². The summed E-state index contributed by atoms with van der Waals surface area (Å²) >= 11 is 5.61. The van der Waals surface area contributed by atoms with Gasteiger partial charge in [-0.1, -0.05) is 6.07 Å². The lowest BCUT2D eigenvalue weighted by Crippen LogP contribution is -2.16. The Labute approximate surface area is 111 Å². The number of hydrogen-bond acceptors (Lipinski definition) is 3. The van der Waals surface area contributed by atoms with Crippen LogP contribution in [0.4, 0.5) is 10.1 Å². The number of furan rings is 1. The van der Waals surface area contributed by atoms with E-state index < -0.39 is 23.4 Å². The standard InChI is InChI=1S/C12H7ClFNO4/c13-10-7(4-5-19-10)11(16)15-9-6(12(17)18)2-1-3-8(9)14/h1-5H,(H,15,16)(H,17,18). The van der Waals surface area contributed by atoms with Crippen molar-refractivity contribution < 1.29 is 23.5 Å². The minimum Gasteiger partial charge on any atom is -0.478 e. The van der Waals surface area contributed by atoms with Gasteiger partial charge in [0.2, 0.25) is 5.22 Å². The van der Waals surface area contributed by atoms with Crippen molar-refractivity contribution in [3.8, 4) is 0 Å². The monoisotopic (exact) mass is 283 g/mol. The summed E-state index contributed by atoms with van der Waals surface area (Å²) < 4.78 is 18.3. The smallest absolute Gasteiger partial charge is 0.337 e. The number of carboxylic acid groups (broad SMARTS) is 1. The van der Waals surface area contributed by atoms with Crippen LogP contribution in [0.3, 0.4) is 0 Å². The van der Waals surface area contributed by atoms with Crippen LogP contribution in [0.2, 0.25) is 5.22 Å². The Morgan fingerprint density at radius 2 is 2.00 bits per heavy atom. The number of halogens is 2. The first-order valence-electron chi connectivity index (χ1n) is 5.07. The zero-order chi connectivity index (χ0) is 14.0. The Hall–Kier alpha value is -2.34. The Kier molecular flexibility index (Phi) is 3.52. The fourth-order valence-corrected chi connectivity index (χ4v) is 1.67. The predicted molar refractivity (Wildman–Crippen MR) is 65.0 cm³/mol. The first-order chi connectivity index (χ1) is 9.00. The molecule has 0 saturated carbocycles. The van der Waals surface area contributed by atoms with Crippen LogP contribution in [0.25, 0.3) is 0 Å². The Balaban J connectivity index is 2.36. The van der Waals surface area contributed by atoms with Crippen molar-refractivity contribution >= 4 is 29.2 Å². The van der Waals surface area contributed by atoms with Gasteiger partial charge in [0, 0.05) is 0 Å². The summed E-state index contributed by atoms with van der Waals surface area (Å²) in [6.07, 6.45) is 1.19. The van der Waals surface area contributed by atoms with Gasteiger partial charge in [-0.25, -0.2) is 9.18 Å². The number of carboxylic acids is 1. The summed E-state index contributed by atoms with van der Waals surface area (Å²) in [4.78, 5) is 22.8. The molecule has 19 heavy (non-hydrogen) atoms. The molecule has 5 nitrogen and oxygen atoms in total. The molecule has 98 valence electrons. The number of para-hydroxylation sites is 1. The number of rotatable bonds is 3. The molecule has 7 heteroatoms. The highest BCUT2D eigenvalue weighted by molar-refractivity contribution is 6.32. The number of carbonyl (C=O) groups excluding carboxylic acids is 1. The summed E-state index contributed by atoms with van der Waals surface area (Å²) in [6, 6.07) is 4.75. The molecule has 0 aliphatic heterocycles. The van der Waals surface area contributed by atoms with Crippen LogP contribution in [0, 0.1) is 5.82 Å². The quantitative estimate of drug-likeness (QED) is 0.907. The van der Waals surface area contributed by atoms with E-state index in [0.29, 0.717) is 0 Å². The molecule has 0 aliphatic rings. The highest BCUT2D eigenvalue weighted by atomic mass is 35.5. The van der Waals surface area contributed by atoms with Gasteiger partial charge in [0.1, 0.15) is 5.82 Å². The molecular weight excluding hydrogens is 277 g/mol. The third-order valence-electron chi connectivity index (χ3n) is 2.35. The minimum absolute atomic E-state index is 0.0127. The molecule has 1 heterocycles. The second-order valence-electron chi connectivity index (χ2n) is 3.53. The van der Waals surface area contributed by atoms with E-state index in [-0.39, 0.29) is 16.3 Å². The second-order valence-corrected chi connectivity index (χ2v) is 3.87. The molecular formula is C12H7ClFNO4. The van der Waals surface area contributed by atoms with Crippen LogP contribution in [-0.4, -0.2) is 17.0 Å².